The fourth-order valence-corrected chi connectivity index (χ4v) is 3.76. The minimum Gasteiger partial charge on any atom is -0.454 e. The zero-order chi connectivity index (χ0) is 20.5. The van der Waals surface area contributed by atoms with Gasteiger partial charge in [0, 0.05) is 12.1 Å². The van der Waals surface area contributed by atoms with Crippen molar-refractivity contribution in [1.82, 2.24) is 4.90 Å². The summed E-state index contributed by atoms with van der Waals surface area (Å²) in [5.41, 5.74) is 3.47. The summed E-state index contributed by atoms with van der Waals surface area (Å²) in [7, 11) is 0. The average molecular weight is 389 g/mol. The molecule has 0 aromatic heterocycles. The fraction of sp³-hybridized carbons (Fsp3) is 0.217. The Labute approximate surface area is 167 Å². The van der Waals surface area contributed by atoms with Gasteiger partial charge in [-0.25, -0.2) is 4.79 Å². The Morgan fingerprint density at radius 3 is 2.48 bits per heavy atom. The van der Waals surface area contributed by atoms with Crippen LogP contribution in [0.3, 0.4) is 0 Å². The first-order valence-electron chi connectivity index (χ1n) is 9.43. The standard InChI is InChI=1S/C23H19NO5/c1-2-10-24-21(26)18-9-8-17(12-19(18)22(24)27)23(28)29-13-20(25)16-7-6-14-4-3-5-15(14)11-16/h2,6-9,11-12H,1,3-5,10,13H2. The lowest BCUT2D eigenvalue weighted by atomic mass is 10.0. The maximum atomic E-state index is 12.4. The number of carbonyl (C=O) groups is 4. The number of carbonyl (C=O) groups excluding carboxylic acids is 4. The summed E-state index contributed by atoms with van der Waals surface area (Å²) in [4.78, 5) is 50.4. The Morgan fingerprint density at radius 2 is 1.69 bits per heavy atom. The van der Waals surface area contributed by atoms with Crippen LogP contribution < -0.4 is 0 Å². The van der Waals surface area contributed by atoms with Crippen molar-refractivity contribution in [2.45, 2.75) is 19.3 Å². The molecule has 0 unspecified atom stereocenters. The second-order valence-electron chi connectivity index (χ2n) is 7.11. The van der Waals surface area contributed by atoms with Crippen molar-refractivity contribution < 1.29 is 23.9 Å². The number of hydrogen-bond donors (Lipinski definition) is 0. The van der Waals surface area contributed by atoms with Crippen LogP contribution in [-0.4, -0.2) is 41.6 Å². The lowest BCUT2D eigenvalue weighted by Crippen LogP contribution is -2.29. The number of aryl methyl sites for hydroxylation is 2. The van der Waals surface area contributed by atoms with Gasteiger partial charge in [0.25, 0.3) is 11.8 Å². The molecule has 1 aliphatic heterocycles. The molecule has 0 spiro atoms. The minimum atomic E-state index is -0.718. The Hall–Kier alpha value is -3.54. The second-order valence-corrected chi connectivity index (χ2v) is 7.11. The molecule has 0 radical (unpaired) electrons. The first kappa shape index (κ1) is 18.8. The van der Waals surface area contributed by atoms with E-state index in [0.717, 1.165) is 24.2 Å². The van der Waals surface area contributed by atoms with Crippen molar-refractivity contribution >= 4 is 23.6 Å². The molecule has 6 heteroatoms. The van der Waals surface area contributed by atoms with E-state index >= 15 is 0 Å². The zero-order valence-electron chi connectivity index (χ0n) is 15.8. The number of hydrogen-bond acceptors (Lipinski definition) is 5. The minimum absolute atomic E-state index is 0.0986. The van der Waals surface area contributed by atoms with E-state index in [9.17, 15) is 19.2 Å². The number of benzene rings is 2. The number of ketones is 1. The molecule has 2 aliphatic rings. The molecule has 0 saturated heterocycles. The van der Waals surface area contributed by atoms with Crippen LogP contribution in [0.2, 0.25) is 0 Å². The molecule has 2 amide bonds. The molecule has 0 fully saturated rings. The van der Waals surface area contributed by atoms with Gasteiger partial charge in [0.2, 0.25) is 0 Å². The van der Waals surface area contributed by atoms with E-state index in [-0.39, 0.29) is 35.6 Å². The maximum Gasteiger partial charge on any atom is 0.338 e. The summed E-state index contributed by atoms with van der Waals surface area (Å²) in [5, 5.41) is 0. The van der Waals surface area contributed by atoms with Gasteiger partial charge in [0.05, 0.1) is 16.7 Å². The first-order valence-corrected chi connectivity index (χ1v) is 9.43. The number of fused-ring (bicyclic) bond motifs is 2. The molecule has 0 bridgehead atoms. The van der Waals surface area contributed by atoms with Crippen molar-refractivity contribution in [1.29, 1.82) is 0 Å². The fourth-order valence-electron chi connectivity index (χ4n) is 3.76. The Bertz CT molecular complexity index is 1070. The summed E-state index contributed by atoms with van der Waals surface area (Å²) in [6.07, 6.45) is 4.54. The number of esters is 1. The maximum absolute atomic E-state index is 12.4. The highest BCUT2D eigenvalue weighted by Crippen LogP contribution is 2.25. The molecular formula is C23H19NO5. The predicted octanol–water partition coefficient (Wildman–Crippen LogP) is 3.00. The van der Waals surface area contributed by atoms with E-state index in [4.69, 9.17) is 4.74 Å². The zero-order valence-corrected chi connectivity index (χ0v) is 15.8. The van der Waals surface area contributed by atoms with Crippen LogP contribution in [0.5, 0.6) is 0 Å². The van der Waals surface area contributed by atoms with Gasteiger partial charge in [-0.3, -0.25) is 19.3 Å². The first-order chi connectivity index (χ1) is 14.0. The Balaban J connectivity index is 1.45. The quantitative estimate of drug-likeness (QED) is 0.328. The molecule has 0 saturated carbocycles. The molecule has 146 valence electrons. The summed E-state index contributed by atoms with van der Waals surface area (Å²) in [6.45, 7) is 3.25. The van der Waals surface area contributed by atoms with Crippen LogP contribution in [0.25, 0.3) is 0 Å². The van der Waals surface area contributed by atoms with E-state index in [2.05, 4.69) is 6.58 Å². The van der Waals surface area contributed by atoms with Crippen molar-refractivity contribution in [2.75, 3.05) is 13.2 Å². The van der Waals surface area contributed by atoms with Gasteiger partial charge in [0.15, 0.2) is 12.4 Å². The number of imide groups is 1. The predicted molar refractivity (Wildman–Crippen MR) is 105 cm³/mol. The highest BCUT2D eigenvalue weighted by atomic mass is 16.5. The summed E-state index contributed by atoms with van der Waals surface area (Å²) in [6, 6.07) is 9.76. The molecule has 6 nitrogen and oxygen atoms in total. The smallest absolute Gasteiger partial charge is 0.338 e. The molecule has 0 N–H and O–H groups in total. The summed E-state index contributed by atoms with van der Waals surface area (Å²) >= 11 is 0. The Morgan fingerprint density at radius 1 is 0.966 bits per heavy atom. The molecule has 4 rings (SSSR count). The van der Waals surface area contributed by atoms with Gasteiger partial charge in [0.1, 0.15) is 0 Å². The van der Waals surface area contributed by atoms with Gasteiger partial charge in [-0.1, -0.05) is 18.2 Å². The lowest BCUT2D eigenvalue weighted by Gasteiger charge is -2.09. The number of nitrogens with zero attached hydrogens (tertiary/aromatic N) is 1. The summed E-state index contributed by atoms with van der Waals surface area (Å²) in [5.74, 6) is -1.90. The van der Waals surface area contributed by atoms with Crippen LogP contribution in [-0.2, 0) is 17.6 Å². The number of Topliss-reactive ketones (excluding diaryl/α,β-unsaturated/α-hetero) is 1. The third-order valence-electron chi connectivity index (χ3n) is 5.27. The third-order valence-corrected chi connectivity index (χ3v) is 5.27. The molecule has 1 aliphatic carbocycles. The van der Waals surface area contributed by atoms with Gasteiger partial charge in [-0.05, 0) is 54.7 Å². The third kappa shape index (κ3) is 3.38. The van der Waals surface area contributed by atoms with Crippen LogP contribution in [0, 0.1) is 0 Å². The van der Waals surface area contributed by atoms with E-state index < -0.39 is 17.8 Å². The highest BCUT2D eigenvalue weighted by molar-refractivity contribution is 6.22. The van der Waals surface area contributed by atoms with E-state index in [0.29, 0.717) is 5.56 Å². The van der Waals surface area contributed by atoms with Crippen LogP contribution in [0.1, 0.15) is 59.0 Å². The summed E-state index contributed by atoms with van der Waals surface area (Å²) < 4.78 is 5.15. The van der Waals surface area contributed by atoms with Crippen molar-refractivity contribution in [3.05, 3.63) is 82.4 Å². The molecule has 2 aromatic carbocycles. The van der Waals surface area contributed by atoms with Gasteiger partial charge < -0.3 is 4.74 Å². The van der Waals surface area contributed by atoms with Crippen LogP contribution in [0.15, 0.2) is 49.1 Å². The molecule has 0 atom stereocenters. The van der Waals surface area contributed by atoms with Crippen LogP contribution >= 0.6 is 0 Å². The molecular weight excluding hydrogens is 370 g/mol. The van der Waals surface area contributed by atoms with E-state index in [1.165, 1.54) is 35.4 Å². The van der Waals surface area contributed by atoms with Crippen LogP contribution in [0.4, 0.5) is 0 Å². The normalized spacial score (nSPS) is 14.6. The lowest BCUT2D eigenvalue weighted by molar-refractivity contribution is 0.0474. The Kier molecular flexibility index (Phi) is 4.84. The largest absolute Gasteiger partial charge is 0.454 e. The van der Waals surface area contributed by atoms with Crippen molar-refractivity contribution in [3.8, 4) is 0 Å². The molecule has 2 aromatic rings. The average Bonchev–Trinajstić information content (AvgIpc) is 3.30. The second kappa shape index (κ2) is 7.47. The van der Waals surface area contributed by atoms with Gasteiger partial charge in [-0.15, -0.1) is 6.58 Å². The topological polar surface area (TPSA) is 80.8 Å². The molecule has 1 heterocycles. The van der Waals surface area contributed by atoms with Gasteiger partial charge >= 0.3 is 5.97 Å². The van der Waals surface area contributed by atoms with E-state index in [1.807, 2.05) is 12.1 Å². The number of rotatable bonds is 6. The van der Waals surface area contributed by atoms with Crippen molar-refractivity contribution in [2.24, 2.45) is 0 Å². The molecule has 29 heavy (non-hydrogen) atoms. The number of amides is 2. The van der Waals surface area contributed by atoms with E-state index in [1.54, 1.807) is 6.07 Å². The SMILES string of the molecule is C=CCN1C(=O)c2ccc(C(=O)OCC(=O)c3ccc4c(c3)CCC4)cc2C1=O. The number of ether oxygens (including phenoxy) is 1. The van der Waals surface area contributed by atoms with Crippen molar-refractivity contribution in [3.63, 3.8) is 0 Å². The monoisotopic (exact) mass is 389 g/mol. The van der Waals surface area contributed by atoms with Gasteiger partial charge in [-0.2, -0.15) is 0 Å². The highest BCUT2D eigenvalue weighted by Gasteiger charge is 2.35.